The van der Waals surface area contributed by atoms with E-state index in [2.05, 4.69) is 17.2 Å². The van der Waals surface area contributed by atoms with Crippen molar-refractivity contribution >= 4 is 22.4 Å². The van der Waals surface area contributed by atoms with Gasteiger partial charge in [-0.3, -0.25) is 10.1 Å². The maximum absolute atomic E-state index is 12.2. The van der Waals surface area contributed by atoms with Gasteiger partial charge in [0.2, 0.25) is 0 Å². The van der Waals surface area contributed by atoms with Crippen LogP contribution in [0, 0.1) is 0 Å². The minimum Gasteiger partial charge on any atom is -0.298 e. The van der Waals surface area contributed by atoms with Crippen LogP contribution in [0.2, 0.25) is 0 Å². The van der Waals surface area contributed by atoms with Crippen molar-refractivity contribution in [1.82, 2.24) is 4.98 Å². The third-order valence-corrected chi connectivity index (χ3v) is 4.18. The zero-order chi connectivity index (χ0) is 15.4. The Labute approximate surface area is 133 Å². The van der Waals surface area contributed by atoms with Crippen molar-refractivity contribution in [3.05, 3.63) is 71.1 Å². The average Bonchev–Trinajstić information content (AvgIpc) is 3.04. The van der Waals surface area contributed by atoms with Crippen LogP contribution in [0.1, 0.15) is 22.8 Å². The number of amides is 1. The lowest BCUT2D eigenvalue weighted by Crippen LogP contribution is -2.11. The molecule has 0 unspecified atom stereocenters. The summed E-state index contributed by atoms with van der Waals surface area (Å²) in [6, 6.07) is 17.6. The zero-order valence-corrected chi connectivity index (χ0v) is 13.1. The minimum atomic E-state index is -0.128. The molecule has 3 rings (SSSR count). The summed E-state index contributed by atoms with van der Waals surface area (Å²) in [6.07, 6.45) is 0.967. The first kappa shape index (κ1) is 14.5. The van der Waals surface area contributed by atoms with E-state index in [1.165, 1.54) is 16.9 Å². The smallest absolute Gasteiger partial charge is 0.257 e. The average molecular weight is 308 g/mol. The van der Waals surface area contributed by atoms with Gasteiger partial charge < -0.3 is 0 Å². The van der Waals surface area contributed by atoms with Crippen LogP contribution in [0.25, 0.3) is 11.3 Å². The predicted molar refractivity (Wildman–Crippen MR) is 91.3 cm³/mol. The van der Waals surface area contributed by atoms with Crippen LogP contribution in [-0.2, 0) is 6.42 Å². The first-order valence-electron chi connectivity index (χ1n) is 7.17. The topological polar surface area (TPSA) is 42.0 Å². The molecule has 0 aliphatic carbocycles. The van der Waals surface area contributed by atoms with Crippen LogP contribution in [0.4, 0.5) is 5.13 Å². The third-order valence-electron chi connectivity index (χ3n) is 3.42. The molecule has 0 saturated heterocycles. The van der Waals surface area contributed by atoms with Crippen molar-refractivity contribution in [2.75, 3.05) is 5.32 Å². The van der Waals surface area contributed by atoms with Gasteiger partial charge in [0.15, 0.2) is 5.13 Å². The van der Waals surface area contributed by atoms with Gasteiger partial charge >= 0.3 is 0 Å². The lowest BCUT2D eigenvalue weighted by atomic mass is 10.1. The third kappa shape index (κ3) is 3.23. The second kappa shape index (κ2) is 6.54. The summed E-state index contributed by atoms with van der Waals surface area (Å²) in [5.41, 5.74) is 3.79. The van der Waals surface area contributed by atoms with Gasteiger partial charge in [-0.05, 0) is 24.1 Å². The molecule has 3 aromatic rings. The summed E-state index contributed by atoms with van der Waals surface area (Å²) in [5, 5.41) is 5.42. The molecule has 0 radical (unpaired) electrons. The Hall–Kier alpha value is -2.46. The number of anilines is 1. The van der Waals surface area contributed by atoms with E-state index < -0.39 is 0 Å². The fraction of sp³-hybridized carbons (Fsp3) is 0.111. The van der Waals surface area contributed by atoms with Crippen molar-refractivity contribution in [3.63, 3.8) is 0 Å². The lowest BCUT2D eigenvalue weighted by molar-refractivity contribution is 0.102. The van der Waals surface area contributed by atoms with E-state index in [1.54, 1.807) is 0 Å². The molecule has 1 N–H and O–H groups in total. The molecule has 0 bridgehead atoms. The van der Waals surface area contributed by atoms with Crippen molar-refractivity contribution in [3.8, 4) is 11.3 Å². The number of nitrogens with zero attached hydrogens (tertiary/aromatic N) is 1. The maximum Gasteiger partial charge on any atom is 0.257 e. The summed E-state index contributed by atoms with van der Waals surface area (Å²) in [7, 11) is 0. The molecular weight excluding hydrogens is 292 g/mol. The Kier molecular flexibility index (Phi) is 4.30. The molecular formula is C18H16N2OS. The normalized spacial score (nSPS) is 10.4. The van der Waals surface area contributed by atoms with Crippen molar-refractivity contribution in [2.45, 2.75) is 13.3 Å². The summed E-state index contributed by atoms with van der Waals surface area (Å²) >= 11 is 1.43. The van der Waals surface area contributed by atoms with Gasteiger partial charge in [0, 0.05) is 16.5 Å². The van der Waals surface area contributed by atoms with E-state index in [9.17, 15) is 4.79 Å². The first-order valence-corrected chi connectivity index (χ1v) is 8.05. The number of nitrogens with one attached hydrogen (secondary N) is 1. The van der Waals surface area contributed by atoms with E-state index in [0.29, 0.717) is 10.7 Å². The Morgan fingerprint density at radius 3 is 2.50 bits per heavy atom. The van der Waals surface area contributed by atoms with E-state index in [4.69, 9.17) is 0 Å². The number of thiazole rings is 1. The van der Waals surface area contributed by atoms with Gasteiger partial charge in [-0.1, -0.05) is 49.4 Å². The second-order valence-corrected chi connectivity index (χ2v) is 5.77. The SMILES string of the molecule is CCc1ccc(C(=O)Nc2nc(-c3ccccc3)cs2)cc1. The highest BCUT2D eigenvalue weighted by atomic mass is 32.1. The lowest BCUT2D eigenvalue weighted by Gasteiger charge is -2.03. The first-order chi connectivity index (χ1) is 10.8. The van der Waals surface area contributed by atoms with E-state index in [0.717, 1.165) is 17.7 Å². The number of hydrogen-bond acceptors (Lipinski definition) is 3. The molecule has 0 fully saturated rings. The Morgan fingerprint density at radius 1 is 1.09 bits per heavy atom. The molecule has 110 valence electrons. The zero-order valence-electron chi connectivity index (χ0n) is 12.2. The van der Waals surface area contributed by atoms with Crippen LogP contribution in [0.15, 0.2) is 60.0 Å². The van der Waals surface area contributed by atoms with E-state index in [-0.39, 0.29) is 5.91 Å². The quantitative estimate of drug-likeness (QED) is 0.764. The number of rotatable bonds is 4. The van der Waals surface area contributed by atoms with Crippen molar-refractivity contribution < 1.29 is 4.79 Å². The molecule has 3 nitrogen and oxygen atoms in total. The van der Waals surface area contributed by atoms with Crippen molar-refractivity contribution in [2.24, 2.45) is 0 Å². The molecule has 22 heavy (non-hydrogen) atoms. The van der Waals surface area contributed by atoms with Gasteiger partial charge in [0.1, 0.15) is 0 Å². The fourth-order valence-corrected chi connectivity index (χ4v) is 2.85. The van der Waals surface area contributed by atoms with E-state index in [1.807, 2.05) is 60.0 Å². The predicted octanol–water partition coefficient (Wildman–Crippen LogP) is 4.62. The molecule has 0 atom stereocenters. The number of benzene rings is 2. The number of aromatic nitrogens is 1. The van der Waals surface area contributed by atoms with E-state index >= 15 is 0 Å². The molecule has 0 aliphatic rings. The summed E-state index contributed by atoms with van der Waals surface area (Å²) in [6.45, 7) is 2.09. The molecule has 0 saturated carbocycles. The number of carbonyl (C=O) groups excluding carboxylic acids is 1. The minimum absolute atomic E-state index is 0.128. The Morgan fingerprint density at radius 2 is 1.82 bits per heavy atom. The molecule has 4 heteroatoms. The molecule has 2 aromatic carbocycles. The maximum atomic E-state index is 12.2. The van der Waals surface area contributed by atoms with Gasteiger partial charge in [-0.25, -0.2) is 4.98 Å². The number of aryl methyl sites for hydroxylation is 1. The molecule has 1 amide bonds. The van der Waals surface area contributed by atoms with Crippen LogP contribution < -0.4 is 5.32 Å². The van der Waals surface area contributed by atoms with Crippen molar-refractivity contribution in [1.29, 1.82) is 0 Å². The Balaban J connectivity index is 1.73. The summed E-state index contributed by atoms with van der Waals surface area (Å²) in [4.78, 5) is 16.7. The van der Waals surface area contributed by atoms with Gasteiger partial charge in [-0.2, -0.15) is 0 Å². The number of hydrogen-bond donors (Lipinski definition) is 1. The largest absolute Gasteiger partial charge is 0.298 e. The summed E-state index contributed by atoms with van der Waals surface area (Å²) in [5.74, 6) is -0.128. The molecule has 0 spiro atoms. The second-order valence-electron chi connectivity index (χ2n) is 4.91. The Bertz CT molecular complexity index is 763. The number of carbonyl (C=O) groups is 1. The van der Waals surface area contributed by atoms with Crippen LogP contribution in [0.5, 0.6) is 0 Å². The standard InChI is InChI=1S/C18H16N2OS/c1-2-13-8-10-15(11-9-13)17(21)20-18-19-16(12-22-18)14-6-4-3-5-7-14/h3-12H,2H2,1H3,(H,19,20,21). The van der Waals surface area contributed by atoms with Gasteiger partial charge in [0.05, 0.1) is 5.69 Å². The highest BCUT2D eigenvalue weighted by Crippen LogP contribution is 2.24. The highest BCUT2D eigenvalue weighted by Gasteiger charge is 2.09. The summed E-state index contributed by atoms with van der Waals surface area (Å²) < 4.78 is 0. The molecule has 1 aromatic heterocycles. The van der Waals surface area contributed by atoms with Crippen LogP contribution in [0.3, 0.4) is 0 Å². The molecule has 0 aliphatic heterocycles. The highest BCUT2D eigenvalue weighted by molar-refractivity contribution is 7.14. The fourth-order valence-electron chi connectivity index (χ4n) is 2.13. The monoisotopic (exact) mass is 308 g/mol. The molecule has 1 heterocycles. The van der Waals surface area contributed by atoms with Crippen LogP contribution >= 0.6 is 11.3 Å². The van der Waals surface area contributed by atoms with Gasteiger partial charge in [-0.15, -0.1) is 11.3 Å². The van der Waals surface area contributed by atoms with Crippen LogP contribution in [-0.4, -0.2) is 10.9 Å². The van der Waals surface area contributed by atoms with Gasteiger partial charge in [0.25, 0.3) is 5.91 Å².